The van der Waals surface area contributed by atoms with Crippen LogP contribution >= 0.6 is 0 Å². The summed E-state index contributed by atoms with van der Waals surface area (Å²) in [5.41, 5.74) is 3.19. The Bertz CT molecular complexity index is 518. The fourth-order valence-corrected chi connectivity index (χ4v) is 1.86. The van der Waals surface area contributed by atoms with Crippen LogP contribution in [0.3, 0.4) is 0 Å². The van der Waals surface area contributed by atoms with Crippen LogP contribution in [-0.2, 0) is 11.2 Å². The van der Waals surface area contributed by atoms with Gasteiger partial charge in [0.1, 0.15) is 12.0 Å². The maximum atomic E-state index is 10.7. The first-order chi connectivity index (χ1) is 8.35. The lowest BCUT2D eigenvalue weighted by Crippen LogP contribution is -1.91. The summed E-state index contributed by atoms with van der Waals surface area (Å²) in [6, 6.07) is 15.8. The fourth-order valence-electron chi connectivity index (χ4n) is 1.86. The van der Waals surface area contributed by atoms with Crippen molar-refractivity contribution in [2.45, 2.75) is 6.42 Å². The molecule has 0 atom stereocenters. The maximum absolute atomic E-state index is 10.7. The molecule has 2 nitrogen and oxygen atoms in total. The van der Waals surface area contributed by atoms with Gasteiger partial charge in [-0.15, -0.1) is 0 Å². The summed E-state index contributed by atoms with van der Waals surface area (Å²) in [6.45, 7) is 0. The second-order valence-electron chi connectivity index (χ2n) is 3.76. The molecule has 0 fully saturated rings. The van der Waals surface area contributed by atoms with Crippen molar-refractivity contribution < 1.29 is 9.53 Å². The summed E-state index contributed by atoms with van der Waals surface area (Å²) in [6.07, 6.45) is 1.37. The molecule has 0 aliphatic carbocycles. The van der Waals surface area contributed by atoms with Crippen molar-refractivity contribution in [3.63, 3.8) is 0 Å². The van der Waals surface area contributed by atoms with E-state index in [1.165, 1.54) is 0 Å². The number of hydrogen-bond acceptors (Lipinski definition) is 2. The smallest absolute Gasteiger partial charge is 0.124 e. The SMILES string of the molecule is COc1cccc(-c2ccccc2CC=O)c1. The van der Waals surface area contributed by atoms with Crippen molar-refractivity contribution in [1.82, 2.24) is 0 Å². The second-order valence-corrected chi connectivity index (χ2v) is 3.76. The predicted octanol–water partition coefficient (Wildman–Crippen LogP) is 3.10. The lowest BCUT2D eigenvalue weighted by molar-refractivity contribution is -0.107. The van der Waals surface area contributed by atoms with Crippen molar-refractivity contribution in [2.75, 3.05) is 7.11 Å². The zero-order chi connectivity index (χ0) is 12.1. The average molecular weight is 226 g/mol. The molecule has 17 heavy (non-hydrogen) atoms. The Morgan fingerprint density at radius 3 is 2.71 bits per heavy atom. The van der Waals surface area contributed by atoms with E-state index in [9.17, 15) is 4.79 Å². The van der Waals surface area contributed by atoms with Gasteiger partial charge in [0.15, 0.2) is 0 Å². The molecule has 0 aliphatic heterocycles. The van der Waals surface area contributed by atoms with Crippen LogP contribution in [0.15, 0.2) is 48.5 Å². The molecule has 0 heterocycles. The highest BCUT2D eigenvalue weighted by Gasteiger charge is 2.04. The molecule has 0 bridgehead atoms. The van der Waals surface area contributed by atoms with Crippen molar-refractivity contribution >= 4 is 6.29 Å². The lowest BCUT2D eigenvalue weighted by Gasteiger charge is -2.08. The van der Waals surface area contributed by atoms with Gasteiger partial charge in [-0.25, -0.2) is 0 Å². The lowest BCUT2D eigenvalue weighted by atomic mass is 9.98. The highest BCUT2D eigenvalue weighted by atomic mass is 16.5. The highest BCUT2D eigenvalue weighted by molar-refractivity contribution is 5.72. The Morgan fingerprint density at radius 1 is 1.12 bits per heavy atom. The maximum Gasteiger partial charge on any atom is 0.124 e. The fraction of sp³-hybridized carbons (Fsp3) is 0.133. The Kier molecular flexibility index (Phi) is 3.55. The van der Waals surface area contributed by atoms with Crippen LogP contribution in [0.5, 0.6) is 5.75 Å². The number of hydrogen-bond donors (Lipinski definition) is 0. The first-order valence-corrected chi connectivity index (χ1v) is 5.51. The van der Waals surface area contributed by atoms with Crippen molar-refractivity contribution in [1.29, 1.82) is 0 Å². The minimum absolute atomic E-state index is 0.438. The van der Waals surface area contributed by atoms with E-state index >= 15 is 0 Å². The molecular formula is C15H14O2. The minimum atomic E-state index is 0.438. The predicted molar refractivity (Wildman–Crippen MR) is 68.2 cm³/mol. The van der Waals surface area contributed by atoms with Gasteiger partial charge in [-0.05, 0) is 28.8 Å². The first-order valence-electron chi connectivity index (χ1n) is 5.51. The van der Waals surface area contributed by atoms with Gasteiger partial charge in [-0.2, -0.15) is 0 Å². The normalized spacial score (nSPS) is 9.94. The molecular weight excluding hydrogens is 212 g/mol. The van der Waals surface area contributed by atoms with Crippen LogP contribution in [0.1, 0.15) is 5.56 Å². The number of methoxy groups -OCH3 is 1. The number of rotatable bonds is 4. The Hall–Kier alpha value is -2.09. The number of ether oxygens (including phenoxy) is 1. The van der Waals surface area contributed by atoms with E-state index in [-0.39, 0.29) is 0 Å². The molecule has 2 aromatic carbocycles. The summed E-state index contributed by atoms with van der Waals surface area (Å²) in [5, 5.41) is 0. The molecule has 2 heteroatoms. The Morgan fingerprint density at radius 2 is 1.94 bits per heavy atom. The van der Waals surface area contributed by atoms with Gasteiger partial charge in [-0.3, -0.25) is 0 Å². The molecule has 0 amide bonds. The molecule has 0 spiro atoms. The van der Waals surface area contributed by atoms with Gasteiger partial charge in [0, 0.05) is 6.42 Å². The summed E-state index contributed by atoms with van der Waals surface area (Å²) >= 11 is 0. The van der Waals surface area contributed by atoms with Crippen molar-refractivity contribution in [3.8, 4) is 16.9 Å². The Labute approximate surface area is 101 Å². The van der Waals surface area contributed by atoms with Gasteiger partial charge >= 0.3 is 0 Å². The highest BCUT2D eigenvalue weighted by Crippen LogP contribution is 2.26. The van der Waals surface area contributed by atoms with Crippen molar-refractivity contribution in [3.05, 3.63) is 54.1 Å². The van der Waals surface area contributed by atoms with Gasteiger partial charge in [0.05, 0.1) is 7.11 Å². The number of carbonyl (C=O) groups is 1. The average Bonchev–Trinajstić information content (AvgIpc) is 2.40. The van der Waals surface area contributed by atoms with Crippen LogP contribution in [0.4, 0.5) is 0 Å². The molecule has 0 saturated heterocycles. The van der Waals surface area contributed by atoms with E-state index in [2.05, 4.69) is 0 Å². The minimum Gasteiger partial charge on any atom is -0.497 e. The van der Waals surface area contributed by atoms with Crippen LogP contribution in [-0.4, -0.2) is 13.4 Å². The molecule has 2 aromatic rings. The molecule has 2 rings (SSSR count). The van der Waals surface area contributed by atoms with Crippen LogP contribution in [0, 0.1) is 0 Å². The van der Waals surface area contributed by atoms with E-state index in [4.69, 9.17) is 4.74 Å². The summed E-state index contributed by atoms with van der Waals surface area (Å²) in [7, 11) is 1.65. The van der Waals surface area contributed by atoms with E-state index in [0.717, 1.165) is 28.7 Å². The number of benzene rings is 2. The first kappa shape index (κ1) is 11.4. The number of aldehydes is 1. The molecule has 0 aromatic heterocycles. The van der Waals surface area contributed by atoms with Crippen molar-refractivity contribution in [2.24, 2.45) is 0 Å². The van der Waals surface area contributed by atoms with Crippen LogP contribution < -0.4 is 4.74 Å². The monoisotopic (exact) mass is 226 g/mol. The Balaban J connectivity index is 2.47. The molecule has 0 N–H and O–H groups in total. The largest absolute Gasteiger partial charge is 0.497 e. The summed E-state index contributed by atoms with van der Waals surface area (Å²) < 4.78 is 5.21. The zero-order valence-electron chi connectivity index (χ0n) is 9.72. The van der Waals surface area contributed by atoms with Gasteiger partial charge in [-0.1, -0.05) is 36.4 Å². The second kappa shape index (κ2) is 5.30. The molecule has 86 valence electrons. The topological polar surface area (TPSA) is 26.3 Å². The standard InChI is InChI=1S/C15H14O2/c1-17-14-7-4-6-13(11-14)15-8-3-2-5-12(15)9-10-16/h2-8,10-11H,9H2,1H3. The third-order valence-corrected chi connectivity index (χ3v) is 2.70. The zero-order valence-corrected chi connectivity index (χ0v) is 9.72. The molecule has 0 saturated carbocycles. The molecule has 0 aliphatic rings. The third-order valence-electron chi connectivity index (χ3n) is 2.70. The van der Waals surface area contributed by atoms with Crippen LogP contribution in [0.25, 0.3) is 11.1 Å². The van der Waals surface area contributed by atoms with Gasteiger partial charge in [0.25, 0.3) is 0 Å². The van der Waals surface area contributed by atoms with E-state index in [1.807, 2.05) is 48.5 Å². The van der Waals surface area contributed by atoms with E-state index < -0.39 is 0 Å². The molecule has 0 radical (unpaired) electrons. The summed E-state index contributed by atoms with van der Waals surface area (Å²) in [5.74, 6) is 0.823. The number of carbonyl (C=O) groups excluding carboxylic acids is 1. The van der Waals surface area contributed by atoms with E-state index in [1.54, 1.807) is 7.11 Å². The van der Waals surface area contributed by atoms with Crippen LogP contribution in [0.2, 0.25) is 0 Å². The molecule has 0 unspecified atom stereocenters. The summed E-state index contributed by atoms with van der Waals surface area (Å²) in [4.78, 5) is 10.7. The van der Waals surface area contributed by atoms with Gasteiger partial charge in [0.2, 0.25) is 0 Å². The third kappa shape index (κ3) is 2.53. The van der Waals surface area contributed by atoms with Gasteiger partial charge < -0.3 is 9.53 Å². The van der Waals surface area contributed by atoms with E-state index in [0.29, 0.717) is 6.42 Å². The quantitative estimate of drug-likeness (QED) is 0.749.